The lowest BCUT2D eigenvalue weighted by Crippen LogP contribution is -2.59. The van der Waals surface area contributed by atoms with Gasteiger partial charge in [0.1, 0.15) is 6.10 Å². The highest BCUT2D eigenvalue weighted by atomic mass is 16.7. The van der Waals surface area contributed by atoms with Crippen LogP contribution in [0.3, 0.4) is 0 Å². The molecule has 0 radical (unpaired) electrons. The summed E-state index contributed by atoms with van der Waals surface area (Å²) in [5.41, 5.74) is -1.32. The Balaban J connectivity index is 2.37. The van der Waals surface area contributed by atoms with E-state index in [2.05, 4.69) is 17.1 Å². The van der Waals surface area contributed by atoms with Gasteiger partial charge in [0, 0.05) is 31.6 Å². The number of ether oxygens (including phenoxy) is 2. The molecule has 0 saturated carbocycles. The fourth-order valence-corrected chi connectivity index (χ4v) is 5.47. The molecule has 194 valence electrons. The summed E-state index contributed by atoms with van der Waals surface area (Å²) < 4.78 is 12.3. The number of nitrogens with one attached hydrogen (secondary N) is 1. The largest absolute Gasteiger partial charge is 0.392 e. The maximum absolute atomic E-state index is 12.7. The van der Waals surface area contributed by atoms with E-state index < -0.39 is 42.0 Å². The summed E-state index contributed by atoms with van der Waals surface area (Å²) in [6, 6.07) is -0.157. The second-order valence-corrected chi connectivity index (χ2v) is 11.0. The smallest absolute Gasteiger partial charge is 0.225 e. The van der Waals surface area contributed by atoms with Crippen molar-refractivity contribution in [1.29, 1.82) is 0 Å². The predicted octanol–water partition coefficient (Wildman–Crippen LogP) is 0.270. The van der Waals surface area contributed by atoms with Crippen molar-refractivity contribution in [3.63, 3.8) is 0 Å². The highest BCUT2D eigenvalue weighted by Gasteiger charge is 2.47. The van der Waals surface area contributed by atoms with E-state index in [9.17, 15) is 20.1 Å². The average Bonchev–Trinajstić information content (AvgIpc) is 2.70. The molecule has 0 bridgehead atoms. The monoisotopic (exact) mass is 473 g/mol. The Morgan fingerprint density at radius 1 is 1.18 bits per heavy atom. The molecule has 0 spiro atoms. The van der Waals surface area contributed by atoms with Gasteiger partial charge >= 0.3 is 0 Å². The van der Waals surface area contributed by atoms with Crippen LogP contribution < -0.4 is 5.32 Å². The number of carbonyl (C=O) groups is 1. The molecule has 0 aromatic carbocycles. The summed E-state index contributed by atoms with van der Waals surface area (Å²) in [5.74, 6) is -1.36. The van der Waals surface area contributed by atoms with Crippen molar-refractivity contribution in [1.82, 2.24) is 15.1 Å². The number of hydrogen-bond donors (Lipinski definition) is 4. The third kappa shape index (κ3) is 7.34. The van der Waals surface area contributed by atoms with Crippen molar-refractivity contribution in [3.05, 3.63) is 0 Å². The first-order chi connectivity index (χ1) is 15.2. The molecular formula is C24H47N3O6. The Kier molecular flexibility index (Phi) is 10.1. The van der Waals surface area contributed by atoms with Crippen molar-refractivity contribution in [2.24, 2.45) is 17.8 Å². The van der Waals surface area contributed by atoms with Gasteiger partial charge in [-0.05, 0) is 53.8 Å². The van der Waals surface area contributed by atoms with Gasteiger partial charge < -0.3 is 39.9 Å². The van der Waals surface area contributed by atoms with E-state index in [1.54, 1.807) is 20.8 Å². The number of carbonyl (C=O) groups excluding carboxylic acids is 1. The minimum Gasteiger partial charge on any atom is -0.392 e. The Morgan fingerprint density at radius 2 is 1.82 bits per heavy atom. The number of aliphatic hydroxyl groups excluding tert-OH is 2. The van der Waals surface area contributed by atoms with Crippen LogP contribution in [-0.4, -0.2) is 114 Å². The average molecular weight is 474 g/mol. The van der Waals surface area contributed by atoms with E-state index in [0.717, 1.165) is 6.54 Å². The van der Waals surface area contributed by atoms with Crippen molar-refractivity contribution < 1.29 is 29.6 Å². The lowest BCUT2D eigenvalue weighted by atomic mass is 9.78. The predicted molar refractivity (Wildman–Crippen MR) is 127 cm³/mol. The van der Waals surface area contributed by atoms with Gasteiger partial charge in [-0.3, -0.25) is 4.79 Å². The minimum atomic E-state index is -1.32. The number of amides is 1. The zero-order valence-electron chi connectivity index (χ0n) is 21.7. The second-order valence-electron chi connectivity index (χ2n) is 11.0. The summed E-state index contributed by atoms with van der Waals surface area (Å²) in [6.07, 6.45) is -2.81. The van der Waals surface area contributed by atoms with Crippen LogP contribution in [-0.2, 0) is 14.3 Å². The number of likely N-dealkylation sites (N-methyl/N-ethyl adjacent to an activating group) is 2. The second kappa shape index (κ2) is 11.7. The molecule has 1 amide bonds. The zero-order chi connectivity index (χ0) is 25.1. The molecule has 4 N–H and O–H groups in total. The van der Waals surface area contributed by atoms with Gasteiger partial charge in [0.05, 0.1) is 29.8 Å². The fraction of sp³-hybridized carbons (Fsp3) is 0.958. The van der Waals surface area contributed by atoms with Crippen molar-refractivity contribution in [3.8, 4) is 0 Å². The first-order valence-corrected chi connectivity index (χ1v) is 12.3. The molecule has 2 heterocycles. The van der Waals surface area contributed by atoms with Crippen LogP contribution in [0.15, 0.2) is 0 Å². The van der Waals surface area contributed by atoms with E-state index in [1.807, 2.05) is 33.0 Å². The molecule has 10 atom stereocenters. The lowest BCUT2D eigenvalue weighted by Gasteiger charge is -2.46. The molecule has 2 aliphatic rings. The molecule has 9 nitrogen and oxygen atoms in total. The SMILES string of the molecule is C[C@H]1CN(C)CCNC(=O)[C@H](C)[C@@H](O)[C@H](C)[C@@H](O[C@@H]2O[C@H](C)C[C@H](N(C)C)[C@H]2O)[C@](C)(O)C1. The summed E-state index contributed by atoms with van der Waals surface area (Å²) in [7, 11) is 5.80. The molecule has 2 fully saturated rings. The first-order valence-electron chi connectivity index (χ1n) is 12.3. The number of hydrogen-bond acceptors (Lipinski definition) is 8. The highest BCUT2D eigenvalue weighted by Crippen LogP contribution is 2.35. The maximum atomic E-state index is 12.7. The van der Waals surface area contributed by atoms with Gasteiger partial charge in [0.25, 0.3) is 0 Å². The summed E-state index contributed by atoms with van der Waals surface area (Å²) in [5, 5.41) is 36.6. The van der Waals surface area contributed by atoms with Crippen LogP contribution in [0.4, 0.5) is 0 Å². The molecular weight excluding hydrogens is 426 g/mol. The maximum Gasteiger partial charge on any atom is 0.225 e. The summed E-state index contributed by atoms with van der Waals surface area (Å²) >= 11 is 0. The van der Waals surface area contributed by atoms with E-state index >= 15 is 0 Å². The Hall–Kier alpha value is -0.810. The zero-order valence-corrected chi connectivity index (χ0v) is 21.7. The van der Waals surface area contributed by atoms with Crippen LogP contribution in [0, 0.1) is 17.8 Å². The molecule has 2 rings (SSSR count). The van der Waals surface area contributed by atoms with Gasteiger partial charge in [0.15, 0.2) is 6.29 Å². The molecule has 0 aromatic heterocycles. The molecule has 2 aliphatic heterocycles. The quantitative estimate of drug-likeness (QED) is 0.462. The van der Waals surface area contributed by atoms with Gasteiger partial charge in [0.2, 0.25) is 5.91 Å². The van der Waals surface area contributed by atoms with E-state index in [-0.39, 0.29) is 24.0 Å². The number of rotatable bonds is 3. The fourth-order valence-electron chi connectivity index (χ4n) is 5.47. The van der Waals surface area contributed by atoms with Gasteiger partial charge in [-0.15, -0.1) is 0 Å². The summed E-state index contributed by atoms with van der Waals surface area (Å²) in [6.45, 7) is 11.1. The van der Waals surface area contributed by atoms with Crippen molar-refractivity contribution in [2.45, 2.75) is 89.8 Å². The molecule has 0 aliphatic carbocycles. The van der Waals surface area contributed by atoms with Crippen LogP contribution >= 0.6 is 0 Å². The molecule has 0 unspecified atom stereocenters. The van der Waals surface area contributed by atoms with E-state index in [4.69, 9.17) is 9.47 Å². The molecule has 0 aromatic rings. The molecule has 9 heteroatoms. The normalized spacial score (nSPS) is 45.1. The number of aliphatic hydroxyl groups is 3. The Bertz CT molecular complexity index is 633. The summed E-state index contributed by atoms with van der Waals surface area (Å²) in [4.78, 5) is 16.7. The van der Waals surface area contributed by atoms with Gasteiger partial charge in [-0.25, -0.2) is 0 Å². The third-order valence-electron chi connectivity index (χ3n) is 7.29. The minimum absolute atomic E-state index is 0.136. The molecule has 33 heavy (non-hydrogen) atoms. The standard InChI is InChI=1S/C24H47N3O6/c1-14-12-24(5,31)21(33-23-20(29)18(26(6)7)11-15(2)32-23)16(3)19(28)17(4)22(30)25-9-10-27(8)13-14/h14-21,23,28-29,31H,9-13H2,1-8H3,(H,25,30)/t14-,15-,16+,17-,18+,19+,20-,21-,23+,24-/m1/s1. The topological polar surface area (TPSA) is 115 Å². The van der Waals surface area contributed by atoms with Crippen molar-refractivity contribution in [2.75, 3.05) is 40.8 Å². The van der Waals surface area contributed by atoms with E-state index in [0.29, 0.717) is 25.9 Å². The lowest BCUT2D eigenvalue weighted by molar-refractivity contribution is -0.299. The third-order valence-corrected chi connectivity index (χ3v) is 7.29. The van der Waals surface area contributed by atoms with Crippen LogP contribution in [0.1, 0.15) is 47.5 Å². The van der Waals surface area contributed by atoms with Gasteiger partial charge in [-0.2, -0.15) is 0 Å². The van der Waals surface area contributed by atoms with Crippen LogP contribution in [0.5, 0.6) is 0 Å². The molecule has 2 saturated heterocycles. The van der Waals surface area contributed by atoms with Crippen LogP contribution in [0.25, 0.3) is 0 Å². The highest BCUT2D eigenvalue weighted by molar-refractivity contribution is 5.78. The first kappa shape index (κ1) is 28.4. The Labute approximate surface area is 199 Å². The van der Waals surface area contributed by atoms with Crippen LogP contribution in [0.2, 0.25) is 0 Å². The van der Waals surface area contributed by atoms with Gasteiger partial charge in [-0.1, -0.05) is 20.8 Å². The van der Waals surface area contributed by atoms with Crippen molar-refractivity contribution >= 4 is 5.91 Å². The van der Waals surface area contributed by atoms with E-state index in [1.165, 1.54) is 0 Å². The number of nitrogens with zero attached hydrogens (tertiary/aromatic N) is 2. The Morgan fingerprint density at radius 3 is 2.42 bits per heavy atom.